The smallest absolute Gasteiger partial charge is 0.228 e. The van der Waals surface area contributed by atoms with Crippen molar-refractivity contribution in [2.45, 2.75) is 39.2 Å². The van der Waals surface area contributed by atoms with Gasteiger partial charge in [-0.3, -0.25) is 9.59 Å². The highest BCUT2D eigenvalue weighted by Gasteiger charge is 2.22. The van der Waals surface area contributed by atoms with Crippen LogP contribution in [0.2, 0.25) is 0 Å². The molecule has 0 bridgehead atoms. The summed E-state index contributed by atoms with van der Waals surface area (Å²) in [5, 5.41) is 2.83. The minimum Gasteiger partial charge on any atom is -0.344 e. The molecule has 0 aliphatic heterocycles. The van der Waals surface area contributed by atoms with E-state index in [1.54, 1.807) is 0 Å². The summed E-state index contributed by atoms with van der Waals surface area (Å²) in [7, 11) is 0. The second-order valence-corrected chi connectivity index (χ2v) is 4.31. The maximum atomic E-state index is 11.4. The maximum absolute atomic E-state index is 11.4. The molecule has 0 saturated heterocycles. The zero-order valence-electron chi connectivity index (χ0n) is 9.46. The molecule has 1 aliphatic carbocycles. The Morgan fingerprint density at radius 2 is 2.20 bits per heavy atom. The number of allylic oxidation sites excluding steroid dienone is 2. The predicted octanol–water partition coefficient (Wildman–Crippen LogP) is 1.75. The van der Waals surface area contributed by atoms with Crippen LogP contribution in [0.5, 0.6) is 0 Å². The van der Waals surface area contributed by atoms with Crippen LogP contribution in [0, 0.1) is 0 Å². The van der Waals surface area contributed by atoms with E-state index < -0.39 is 5.54 Å². The van der Waals surface area contributed by atoms with Crippen molar-refractivity contribution in [3.63, 3.8) is 0 Å². The summed E-state index contributed by atoms with van der Waals surface area (Å²) in [6, 6.07) is 0. The SMILES string of the molecule is CC(=O)CC(=O)NC1(C)C=CCC(C)=C1. The van der Waals surface area contributed by atoms with Crippen molar-refractivity contribution >= 4 is 11.7 Å². The fourth-order valence-corrected chi connectivity index (χ4v) is 1.76. The third kappa shape index (κ3) is 3.70. The lowest BCUT2D eigenvalue weighted by Crippen LogP contribution is -2.44. The van der Waals surface area contributed by atoms with E-state index in [4.69, 9.17) is 0 Å². The number of carbonyl (C=O) groups excluding carboxylic acids is 2. The van der Waals surface area contributed by atoms with Crippen LogP contribution in [0.3, 0.4) is 0 Å². The molecule has 1 unspecified atom stereocenters. The van der Waals surface area contributed by atoms with Crippen molar-refractivity contribution in [3.8, 4) is 0 Å². The standard InChI is InChI=1S/C12H17NO2/c1-9-5-4-6-12(3,8-9)13-11(15)7-10(2)14/h4,6,8H,5,7H2,1-3H3,(H,13,15). The Labute approximate surface area is 90.2 Å². The molecular formula is C12H17NO2. The lowest BCUT2D eigenvalue weighted by atomic mass is 9.92. The van der Waals surface area contributed by atoms with E-state index in [2.05, 4.69) is 5.32 Å². The number of hydrogen-bond acceptors (Lipinski definition) is 2. The van der Waals surface area contributed by atoms with Crippen molar-refractivity contribution in [1.29, 1.82) is 0 Å². The highest BCUT2D eigenvalue weighted by Crippen LogP contribution is 2.19. The van der Waals surface area contributed by atoms with Gasteiger partial charge in [0, 0.05) is 0 Å². The molecule has 0 saturated carbocycles. The molecule has 0 heterocycles. The number of Topliss-reactive ketones (excluding diaryl/α,β-unsaturated/α-hetero) is 1. The normalized spacial score (nSPS) is 24.6. The van der Waals surface area contributed by atoms with Crippen molar-refractivity contribution in [2.75, 3.05) is 0 Å². The summed E-state index contributed by atoms with van der Waals surface area (Å²) < 4.78 is 0. The first-order chi connectivity index (χ1) is 6.91. The summed E-state index contributed by atoms with van der Waals surface area (Å²) in [5.41, 5.74) is 0.789. The van der Waals surface area contributed by atoms with Gasteiger partial charge < -0.3 is 5.32 Å². The lowest BCUT2D eigenvalue weighted by Gasteiger charge is -2.27. The third-order valence-corrected chi connectivity index (χ3v) is 2.27. The molecular weight excluding hydrogens is 190 g/mol. The van der Waals surface area contributed by atoms with Gasteiger partial charge >= 0.3 is 0 Å². The molecule has 3 heteroatoms. The number of rotatable bonds is 3. The number of ketones is 1. The third-order valence-electron chi connectivity index (χ3n) is 2.27. The van der Waals surface area contributed by atoms with E-state index in [1.165, 1.54) is 12.5 Å². The van der Waals surface area contributed by atoms with Gasteiger partial charge in [-0.2, -0.15) is 0 Å². The Bertz CT molecular complexity index is 342. The van der Waals surface area contributed by atoms with Crippen molar-refractivity contribution in [1.82, 2.24) is 5.32 Å². The summed E-state index contributed by atoms with van der Waals surface area (Å²) in [6.07, 6.45) is 6.89. The van der Waals surface area contributed by atoms with Gasteiger partial charge in [-0.25, -0.2) is 0 Å². The van der Waals surface area contributed by atoms with Gasteiger partial charge in [-0.1, -0.05) is 23.8 Å². The van der Waals surface area contributed by atoms with Crippen LogP contribution >= 0.6 is 0 Å². The summed E-state index contributed by atoms with van der Waals surface area (Å²) in [5.74, 6) is -0.336. The lowest BCUT2D eigenvalue weighted by molar-refractivity contribution is -0.127. The highest BCUT2D eigenvalue weighted by molar-refractivity contribution is 5.97. The van der Waals surface area contributed by atoms with Crippen molar-refractivity contribution in [2.24, 2.45) is 0 Å². The summed E-state index contributed by atoms with van der Waals surface area (Å²) in [6.45, 7) is 5.36. The Morgan fingerprint density at radius 3 is 2.73 bits per heavy atom. The minimum atomic E-state index is -0.436. The first-order valence-electron chi connectivity index (χ1n) is 5.08. The molecule has 0 radical (unpaired) electrons. The van der Waals surface area contributed by atoms with Crippen LogP contribution in [0.4, 0.5) is 0 Å². The Kier molecular flexibility index (Phi) is 3.45. The first kappa shape index (κ1) is 11.7. The molecule has 1 atom stereocenters. The van der Waals surface area contributed by atoms with Gasteiger partial charge in [0.15, 0.2) is 0 Å². The summed E-state index contributed by atoms with van der Waals surface area (Å²) in [4.78, 5) is 22.2. The second kappa shape index (κ2) is 4.43. The molecule has 1 aliphatic rings. The average Bonchev–Trinajstić information content (AvgIpc) is 1.99. The van der Waals surface area contributed by atoms with Crippen LogP contribution in [-0.4, -0.2) is 17.2 Å². The second-order valence-electron chi connectivity index (χ2n) is 4.31. The van der Waals surface area contributed by atoms with E-state index >= 15 is 0 Å². The van der Waals surface area contributed by atoms with E-state index in [0.29, 0.717) is 0 Å². The molecule has 3 nitrogen and oxygen atoms in total. The molecule has 1 amide bonds. The predicted molar refractivity (Wildman–Crippen MR) is 59.4 cm³/mol. The molecule has 0 aromatic rings. The molecule has 1 N–H and O–H groups in total. The maximum Gasteiger partial charge on any atom is 0.228 e. The van der Waals surface area contributed by atoms with Crippen molar-refractivity contribution in [3.05, 3.63) is 23.8 Å². The molecule has 1 rings (SSSR count). The fourth-order valence-electron chi connectivity index (χ4n) is 1.76. The average molecular weight is 207 g/mol. The van der Waals surface area contributed by atoms with E-state index in [0.717, 1.165) is 6.42 Å². The molecule has 0 aromatic heterocycles. The summed E-state index contributed by atoms with van der Waals surface area (Å²) >= 11 is 0. The monoisotopic (exact) mass is 207 g/mol. The minimum absolute atomic E-state index is 0.0453. The number of nitrogens with one attached hydrogen (secondary N) is 1. The van der Waals surface area contributed by atoms with E-state index in [1.807, 2.05) is 32.1 Å². The molecule has 82 valence electrons. The molecule has 15 heavy (non-hydrogen) atoms. The van der Waals surface area contributed by atoms with Crippen LogP contribution in [0.15, 0.2) is 23.8 Å². The Morgan fingerprint density at radius 1 is 1.53 bits per heavy atom. The first-order valence-corrected chi connectivity index (χ1v) is 5.08. The topological polar surface area (TPSA) is 46.2 Å². The number of hydrogen-bond donors (Lipinski definition) is 1. The van der Waals surface area contributed by atoms with Crippen LogP contribution < -0.4 is 5.32 Å². The zero-order chi connectivity index (χ0) is 11.5. The van der Waals surface area contributed by atoms with Crippen LogP contribution in [-0.2, 0) is 9.59 Å². The number of amides is 1. The molecule has 0 aromatic carbocycles. The Hall–Kier alpha value is -1.38. The van der Waals surface area contributed by atoms with Crippen LogP contribution in [0.1, 0.15) is 33.6 Å². The zero-order valence-corrected chi connectivity index (χ0v) is 9.46. The van der Waals surface area contributed by atoms with E-state index in [9.17, 15) is 9.59 Å². The van der Waals surface area contributed by atoms with Gasteiger partial charge in [0.05, 0.1) is 12.0 Å². The highest BCUT2D eigenvalue weighted by atomic mass is 16.2. The Balaban J connectivity index is 2.64. The van der Waals surface area contributed by atoms with Crippen LogP contribution in [0.25, 0.3) is 0 Å². The fraction of sp³-hybridized carbons (Fsp3) is 0.500. The largest absolute Gasteiger partial charge is 0.344 e. The molecule has 0 fully saturated rings. The number of carbonyl (C=O) groups is 2. The van der Waals surface area contributed by atoms with Crippen molar-refractivity contribution < 1.29 is 9.59 Å². The molecule has 0 spiro atoms. The van der Waals surface area contributed by atoms with Gasteiger partial charge in [-0.15, -0.1) is 0 Å². The van der Waals surface area contributed by atoms with Gasteiger partial charge in [0.2, 0.25) is 5.91 Å². The van der Waals surface area contributed by atoms with Gasteiger partial charge in [0.1, 0.15) is 5.78 Å². The quantitative estimate of drug-likeness (QED) is 0.566. The van der Waals surface area contributed by atoms with E-state index in [-0.39, 0.29) is 18.1 Å². The van der Waals surface area contributed by atoms with Gasteiger partial charge in [0.25, 0.3) is 0 Å². The van der Waals surface area contributed by atoms with Gasteiger partial charge in [-0.05, 0) is 27.2 Å².